The fourth-order valence-corrected chi connectivity index (χ4v) is 1.56. The van der Waals surface area contributed by atoms with E-state index >= 15 is 0 Å². The van der Waals surface area contributed by atoms with Crippen LogP contribution in [0.25, 0.3) is 0 Å². The molecule has 3 nitrogen and oxygen atoms in total. The van der Waals surface area contributed by atoms with Gasteiger partial charge in [-0.2, -0.15) is 0 Å². The zero-order valence-corrected chi connectivity index (χ0v) is 7.61. The van der Waals surface area contributed by atoms with Gasteiger partial charge in [-0.1, -0.05) is 12.8 Å². The summed E-state index contributed by atoms with van der Waals surface area (Å²) in [6, 6.07) is 3.71. The van der Waals surface area contributed by atoms with Gasteiger partial charge in [0.15, 0.2) is 0 Å². The summed E-state index contributed by atoms with van der Waals surface area (Å²) >= 11 is 0. The van der Waals surface area contributed by atoms with Crippen LogP contribution in [0.1, 0.15) is 31.0 Å². The highest BCUT2D eigenvalue weighted by atomic mass is 14.8. The van der Waals surface area contributed by atoms with Crippen molar-refractivity contribution in [1.82, 2.24) is 4.98 Å². The van der Waals surface area contributed by atoms with Crippen molar-refractivity contribution in [3.8, 4) is 0 Å². The van der Waals surface area contributed by atoms with Gasteiger partial charge >= 0.3 is 0 Å². The molecule has 1 atom stereocenters. The molecule has 1 aliphatic carbocycles. The summed E-state index contributed by atoms with van der Waals surface area (Å²) in [6.07, 6.45) is 5.42. The van der Waals surface area contributed by atoms with Crippen molar-refractivity contribution in [2.75, 3.05) is 5.73 Å². The fraction of sp³-hybridized carbons (Fsp3) is 0.500. The van der Waals surface area contributed by atoms with Gasteiger partial charge in [-0.05, 0) is 24.5 Å². The van der Waals surface area contributed by atoms with Crippen LogP contribution < -0.4 is 11.5 Å². The van der Waals surface area contributed by atoms with Crippen LogP contribution in [0.2, 0.25) is 0 Å². The molecule has 0 aliphatic heterocycles. The molecular weight excluding hydrogens is 162 g/mol. The minimum absolute atomic E-state index is 0.0219. The molecule has 0 amide bonds. The van der Waals surface area contributed by atoms with Gasteiger partial charge in [0.2, 0.25) is 0 Å². The smallest absolute Gasteiger partial charge is 0.0799 e. The van der Waals surface area contributed by atoms with E-state index in [-0.39, 0.29) is 6.04 Å². The number of anilines is 1. The first kappa shape index (κ1) is 8.51. The van der Waals surface area contributed by atoms with Crippen molar-refractivity contribution in [1.29, 1.82) is 0 Å². The van der Waals surface area contributed by atoms with Crippen LogP contribution in [0, 0.1) is 5.92 Å². The number of nitrogen functional groups attached to an aromatic ring is 1. The highest BCUT2D eigenvalue weighted by Crippen LogP contribution is 2.37. The van der Waals surface area contributed by atoms with E-state index in [1.807, 2.05) is 12.1 Å². The van der Waals surface area contributed by atoms with Crippen LogP contribution in [0.4, 0.5) is 5.69 Å². The molecule has 1 saturated carbocycles. The van der Waals surface area contributed by atoms with Gasteiger partial charge in [0, 0.05) is 12.2 Å². The monoisotopic (exact) mass is 177 g/mol. The molecule has 0 aromatic carbocycles. The van der Waals surface area contributed by atoms with E-state index in [9.17, 15) is 0 Å². The van der Waals surface area contributed by atoms with Gasteiger partial charge in [-0.25, -0.2) is 0 Å². The Bertz CT molecular complexity index is 294. The molecule has 0 bridgehead atoms. The largest absolute Gasteiger partial charge is 0.397 e. The van der Waals surface area contributed by atoms with Crippen LogP contribution in [-0.4, -0.2) is 4.98 Å². The summed E-state index contributed by atoms with van der Waals surface area (Å²) in [4.78, 5) is 4.21. The number of nitrogens with zero attached hydrogens (tertiary/aromatic N) is 1. The molecule has 0 saturated heterocycles. The number of hydrogen-bond donors (Lipinski definition) is 2. The lowest BCUT2D eigenvalue weighted by Gasteiger charge is -2.11. The van der Waals surface area contributed by atoms with Crippen molar-refractivity contribution in [3.63, 3.8) is 0 Å². The first-order chi connectivity index (χ1) is 6.27. The molecule has 1 fully saturated rings. The molecule has 0 radical (unpaired) electrons. The van der Waals surface area contributed by atoms with Crippen LogP contribution >= 0.6 is 0 Å². The highest BCUT2D eigenvalue weighted by Gasteiger charge is 2.25. The fourth-order valence-electron chi connectivity index (χ4n) is 1.56. The Balaban J connectivity index is 2.09. The van der Waals surface area contributed by atoms with Gasteiger partial charge in [-0.3, -0.25) is 4.98 Å². The Morgan fingerprint density at radius 3 is 2.92 bits per heavy atom. The summed E-state index contributed by atoms with van der Waals surface area (Å²) in [6.45, 7) is 0. The van der Waals surface area contributed by atoms with E-state index in [4.69, 9.17) is 11.5 Å². The summed E-state index contributed by atoms with van der Waals surface area (Å²) in [5.41, 5.74) is 13.3. The quantitative estimate of drug-likeness (QED) is 0.734. The second kappa shape index (κ2) is 3.34. The van der Waals surface area contributed by atoms with Gasteiger partial charge in [0.25, 0.3) is 0 Å². The lowest BCUT2D eigenvalue weighted by atomic mass is 10.1. The molecule has 4 N–H and O–H groups in total. The molecule has 0 spiro atoms. The maximum Gasteiger partial charge on any atom is 0.0799 e. The molecule has 1 heterocycles. The predicted molar refractivity (Wildman–Crippen MR) is 52.9 cm³/mol. The van der Waals surface area contributed by atoms with Crippen LogP contribution in [0.3, 0.4) is 0 Å². The van der Waals surface area contributed by atoms with Gasteiger partial charge in [0.05, 0.1) is 11.4 Å². The van der Waals surface area contributed by atoms with Crippen LogP contribution in [0.5, 0.6) is 0 Å². The molecule has 2 rings (SSSR count). The van der Waals surface area contributed by atoms with Gasteiger partial charge < -0.3 is 11.5 Å². The molecule has 1 aliphatic rings. The van der Waals surface area contributed by atoms with Crippen molar-refractivity contribution < 1.29 is 0 Å². The topological polar surface area (TPSA) is 64.9 Å². The number of aromatic nitrogens is 1. The van der Waals surface area contributed by atoms with Crippen LogP contribution in [-0.2, 0) is 0 Å². The van der Waals surface area contributed by atoms with E-state index in [1.165, 1.54) is 12.8 Å². The second-order valence-corrected chi connectivity index (χ2v) is 3.76. The Hall–Kier alpha value is -1.09. The maximum absolute atomic E-state index is 5.99. The molecule has 1 aromatic heterocycles. The summed E-state index contributed by atoms with van der Waals surface area (Å²) in [5.74, 6) is 0.816. The van der Waals surface area contributed by atoms with E-state index in [2.05, 4.69) is 4.98 Å². The molecular formula is C10H15N3. The standard InChI is InChI=1S/C10H15N3/c11-8-2-1-5-13-10(8)9(12)6-7-3-4-7/h1-2,5,7,9H,3-4,6,11-12H2. The third kappa shape index (κ3) is 1.98. The first-order valence-corrected chi connectivity index (χ1v) is 4.73. The number of hydrogen-bond acceptors (Lipinski definition) is 3. The number of nitrogens with two attached hydrogens (primary N) is 2. The summed E-state index contributed by atoms with van der Waals surface area (Å²) in [7, 11) is 0. The summed E-state index contributed by atoms with van der Waals surface area (Å²) < 4.78 is 0. The number of rotatable bonds is 3. The van der Waals surface area contributed by atoms with Crippen molar-refractivity contribution in [2.45, 2.75) is 25.3 Å². The second-order valence-electron chi connectivity index (χ2n) is 3.76. The summed E-state index contributed by atoms with van der Waals surface area (Å²) in [5, 5.41) is 0. The Morgan fingerprint density at radius 1 is 1.54 bits per heavy atom. The first-order valence-electron chi connectivity index (χ1n) is 4.73. The van der Waals surface area contributed by atoms with E-state index in [0.29, 0.717) is 0 Å². The van der Waals surface area contributed by atoms with Gasteiger partial charge in [0.1, 0.15) is 0 Å². The minimum Gasteiger partial charge on any atom is -0.397 e. The van der Waals surface area contributed by atoms with Crippen molar-refractivity contribution >= 4 is 5.69 Å². The minimum atomic E-state index is 0.0219. The normalized spacial score (nSPS) is 18.5. The molecule has 3 heteroatoms. The lowest BCUT2D eigenvalue weighted by molar-refractivity contribution is 0.585. The van der Waals surface area contributed by atoms with Crippen LogP contribution in [0.15, 0.2) is 18.3 Å². The third-order valence-electron chi connectivity index (χ3n) is 2.51. The molecule has 70 valence electrons. The maximum atomic E-state index is 5.99. The van der Waals surface area contributed by atoms with E-state index in [1.54, 1.807) is 6.20 Å². The molecule has 13 heavy (non-hydrogen) atoms. The SMILES string of the molecule is Nc1cccnc1C(N)CC1CC1. The Kier molecular flexibility index (Phi) is 2.19. The van der Waals surface area contributed by atoms with Crippen molar-refractivity contribution in [2.24, 2.45) is 11.7 Å². The molecule has 1 aromatic rings. The third-order valence-corrected chi connectivity index (χ3v) is 2.51. The zero-order chi connectivity index (χ0) is 9.26. The average Bonchev–Trinajstić information content (AvgIpc) is 2.89. The number of pyridine rings is 1. The lowest BCUT2D eigenvalue weighted by Crippen LogP contribution is -2.14. The average molecular weight is 177 g/mol. The zero-order valence-electron chi connectivity index (χ0n) is 7.61. The predicted octanol–water partition coefficient (Wildman–Crippen LogP) is 1.46. The molecule has 1 unspecified atom stereocenters. The van der Waals surface area contributed by atoms with E-state index in [0.717, 1.165) is 23.7 Å². The van der Waals surface area contributed by atoms with E-state index < -0.39 is 0 Å². The Morgan fingerprint density at radius 2 is 2.31 bits per heavy atom. The van der Waals surface area contributed by atoms with Gasteiger partial charge in [-0.15, -0.1) is 0 Å². The Labute approximate surface area is 78.1 Å². The highest BCUT2D eigenvalue weighted by molar-refractivity contribution is 5.43. The van der Waals surface area contributed by atoms with Crippen molar-refractivity contribution in [3.05, 3.63) is 24.0 Å².